The maximum absolute atomic E-state index is 12.7. The Labute approximate surface area is 239 Å². The number of carbonyl (C=O) groups excluding carboxylic acids is 3. The van der Waals surface area contributed by atoms with Gasteiger partial charge in [-0.1, -0.05) is 41.5 Å². The SMILES string of the molecule is CC(C)CC(=O)OC[C@H]1O[C@H](O[C@@]2(CO)O[C@@H](CO)[C@H](OC(=O)CC(C)C)[C@@H]2OC(=O)CC(C)C)[C@H](O)[C@@H](O)[C@@H]1O. The van der Waals surface area contributed by atoms with E-state index in [-0.39, 0.29) is 37.0 Å². The summed E-state index contributed by atoms with van der Waals surface area (Å²) in [6.45, 7) is 8.48. The minimum absolute atomic E-state index is 0.0000313. The molecule has 0 aromatic rings. The molecular weight excluding hydrogens is 548 g/mol. The summed E-state index contributed by atoms with van der Waals surface area (Å²) in [4.78, 5) is 37.3. The second kappa shape index (κ2) is 15.5. The third-order valence-corrected chi connectivity index (χ3v) is 6.49. The maximum atomic E-state index is 12.7. The molecule has 0 bridgehead atoms. The van der Waals surface area contributed by atoms with Gasteiger partial charge in [0.2, 0.25) is 5.79 Å². The molecule has 2 rings (SSSR count). The number of rotatable bonds is 14. The van der Waals surface area contributed by atoms with Crippen molar-refractivity contribution >= 4 is 17.9 Å². The Hall–Kier alpha value is -1.91. The molecule has 2 heterocycles. The molecule has 0 saturated carbocycles. The highest BCUT2D eigenvalue weighted by Gasteiger charge is 2.62. The smallest absolute Gasteiger partial charge is 0.306 e. The summed E-state index contributed by atoms with van der Waals surface area (Å²) < 4.78 is 33.5. The van der Waals surface area contributed by atoms with E-state index >= 15 is 0 Å². The van der Waals surface area contributed by atoms with E-state index in [1.807, 2.05) is 13.8 Å². The zero-order valence-corrected chi connectivity index (χ0v) is 24.5. The summed E-state index contributed by atoms with van der Waals surface area (Å²) in [5.41, 5.74) is 0. The van der Waals surface area contributed by atoms with Crippen molar-refractivity contribution in [3.05, 3.63) is 0 Å². The van der Waals surface area contributed by atoms with Crippen molar-refractivity contribution < 1.29 is 68.3 Å². The number of esters is 3. The van der Waals surface area contributed by atoms with Gasteiger partial charge in [0.1, 0.15) is 43.7 Å². The van der Waals surface area contributed by atoms with Crippen LogP contribution in [-0.4, -0.2) is 118 Å². The van der Waals surface area contributed by atoms with Crippen LogP contribution in [0.2, 0.25) is 0 Å². The van der Waals surface area contributed by atoms with Gasteiger partial charge in [0.25, 0.3) is 0 Å². The van der Waals surface area contributed by atoms with Gasteiger partial charge in [0.05, 0.1) is 6.61 Å². The Balaban J connectivity index is 2.36. The first kappa shape index (κ1) is 35.3. The quantitative estimate of drug-likeness (QED) is 0.126. The molecule has 238 valence electrons. The Morgan fingerprint density at radius 3 is 1.80 bits per heavy atom. The number of ether oxygens (including phenoxy) is 6. The number of aliphatic hydroxyl groups is 5. The van der Waals surface area contributed by atoms with Crippen molar-refractivity contribution in [3.8, 4) is 0 Å². The molecule has 2 fully saturated rings. The van der Waals surface area contributed by atoms with Crippen LogP contribution in [0.25, 0.3) is 0 Å². The fourth-order valence-corrected chi connectivity index (χ4v) is 4.50. The maximum Gasteiger partial charge on any atom is 0.306 e. The Morgan fingerprint density at radius 1 is 0.756 bits per heavy atom. The van der Waals surface area contributed by atoms with Gasteiger partial charge >= 0.3 is 17.9 Å². The third kappa shape index (κ3) is 9.55. The van der Waals surface area contributed by atoms with E-state index in [9.17, 15) is 39.9 Å². The molecule has 41 heavy (non-hydrogen) atoms. The molecule has 2 aliphatic heterocycles. The zero-order chi connectivity index (χ0) is 31.1. The standard InChI is InChI=1S/C27H46O14/c1-13(2)7-18(30)36-11-17-21(33)22(34)23(35)26(37-17)41-27(12-29)25(39-20(32)9-15(5)6)24(16(10-28)40-27)38-19(31)8-14(3)4/h13-17,21-26,28-29,33-35H,7-12H2,1-6H3/t16-,17+,21+,22-,23+,24-,25-,26+,27+/m0/s1. The van der Waals surface area contributed by atoms with Crippen LogP contribution >= 0.6 is 0 Å². The molecule has 9 atom stereocenters. The fourth-order valence-electron chi connectivity index (χ4n) is 4.50. The van der Waals surface area contributed by atoms with Gasteiger partial charge in [-0.3, -0.25) is 14.4 Å². The normalized spacial score (nSPS) is 33.8. The van der Waals surface area contributed by atoms with Crippen LogP contribution in [0.3, 0.4) is 0 Å². The second-order valence-electron chi connectivity index (χ2n) is 11.8. The van der Waals surface area contributed by atoms with Gasteiger partial charge in [-0.05, 0) is 17.8 Å². The highest BCUT2D eigenvalue weighted by Crippen LogP contribution is 2.39. The van der Waals surface area contributed by atoms with Crippen molar-refractivity contribution in [1.29, 1.82) is 0 Å². The van der Waals surface area contributed by atoms with Crippen molar-refractivity contribution in [3.63, 3.8) is 0 Å². The van der Waals surface area contributed by atoms with Crippen molar-refractivity contribution in [2.24, 2.45) is 17.8 Å². The lowest BCUT2D eigenvalue weighted by atomic mass is 9.98. The van der Waals surface area contributed by atoms with Crippen LogP contribution in [-0.2, 0) is 42.8 Å². The fraction of sp³-hybridized carbons (Fsp3) is 0.889. The van der Waals surface area contributed by atoms with Gasteiger partial charge in [0.15, 0.2) is 18.5 Å². The number of aliphatic hydroxyl groups excluding tert-OH is 5. The van der Waals surface area contributed by atoms with E-state index in [0.29, 0.717) is 0 Å². The average Bonchev–Trinajstić information content (AvgIpc) is 3.14. The lowest BCUT2D eigenvalue weighted by molar-refractivity contribution is -0.384. The van der Waals surface area contributed by atoms with Crippen molar-refractivity contribution in [1.82, 2.24) is 0 Å². The Kier molecular flexibility index (Phi) is 13.4. The lowest BCUT2D eigenvalue weighted by Crippen LogP contribution is -2.63. The molecule has 14 heteroatoms. The van der Waals surface area contributed by atoms with Gasteiger partial charge in [0, 0.05) is 19.3 Å². The molecule has 0 aliphatic carbocycles. The lowest BCUT2D eigenvalue weighted by Gasteiger charge is -2.43. The Bertz CT molecular complexity index is 863. The molecule has 0 radical (unpaired) electrons. The molecule has 5 N–H and O–H groups in total. The predicted octanol–water partition coefficient (Wildman–Crippen LogP) is -0.605. The molecule has 0 amide bonds. The topological polar surface area (TPSA) is 208 Å². The van der Waals surface area contributed by atoms with E-state index in [1.54, 1.807) is 27.7 Å². The van der Waals surface area contributed by atoms with Crippen LogP contribution in [0.15, 0.2) is 0 Å². The van der Waals surface area contributed by atoms with Gasteiger partial charge in [-0.25, -0.2) is 0 Å². The van der Waals surface area contributed by atoms with Gasteiger partial charge in [-0.2, -0.15) is 0 Å². The van der Waals surface area contributed by atoms with E-state index in [0.717, 1.165) is 0 Å². The molecule has 0 aromatic carbocycles. The molecule has 0 unspecified atom stereocenters. The van der Waals surface area contributed by atoms with E-state index < -0.39 is 92.5 Å². The third-order valence-electron chi connectivity index (χ3n) is 6.49. The molecule has 0 aromatic heterocycles. The molecule has 0 spiro atoms. The van der Waals surface area contributed by atoms with Gasteiger partial charge < -0.3 is 54.0 Å². The number of hydrogen-bond acceptors (Lipinski definition) is 14. The first-order chi connectivity index (χ1) is 19.1. The summed E-state index contributed by atoms with van der Waals surface area (Å²) in [7, 11) is 0. The summed E-state index contributed by atoms with van der Waals surface area (Å²) in [5.74, 6) is -4.53. The number of carbonyl (C=O) groups is 3. The van der Waals surface area contributed by atoms with E-state index in [2.05, 4.69) is 0 Å². The second-order valence-corrected chi connectivity index (χ2v) is 11.8. The van der Waals surface area contributed by atoms with Crippen LogP contribution < -0.4 is 0 Å². The van der Waals surface area contributed by atoms with Crippen LogP contribution in [0, 0.1) is 17.8 Å². The van der Waals surface area contributed by atoms with E-state index in [4.69, 9.17) is 28.4 Å². The average molecular weight is 595 g/mol. The van der Waals surface area contributed by atoms with Crippen LogP contribution in [0.4, 0.5) is 0 Å². The first-order valence-corrected chi connectivity index (χ1v) is 14.0. The van der Waals surface area contributed by atoms with Crippen molar-refractivity contribution in [2.75, 3.05) is 19.8 Å². The van der Waals surface area contributed by atoms with Crippen LogP contribution in [0.1, 0.15) is 60.8 Å². The predicted molar refractivity (Wildman–Crippen MR) is 139 cm³/mol. The highest BCUT2D eigenvalue weighted by molar-refractivity contribution is 5.71. The van der Waals surface area contributed by atoms with Crippen LogP contribution in [0.5, 0.6) is 0 Å². The van der Waals surface area contributed by atoms with E-state index in [1.165, 1.54) is 0 Å². The minimum Gasteiger partial charge on any atom is -0.463 e. The zero-order valence-electron chi connectivity index (χ0n) is 24.5. The molecule has 2 saturated heterocycles. The highest BCUT2D eigenvalue weighted by atomic mass is 16.8. The Morgan fingerprint density at radius 2 is 1.29 bits per heavy atom. The molecular formula is C27H46O14. The summed E-state index contributed by atoms with van der Waals surface area (Å²) >= 11 is 0. The largest absolute Gasteiger partial charge is 0.463 e. The first-order valence-electron chi connectivity index (χ1n) is 14.0. The summed E-state index contributed by atoms with van der Waals surface area (Å²) in [6.07, 6.45) is -12.9. The number of hydrogen-bond donors (Lipinski definition) is 5. The molecule has 2 aliphatic rings. The van der Waals surface area contributed by atoms with Gasteiger partial charge in [-0.15, -0.1) is 0 Å². The minimum atomic E-state index is -2.34. The summed E-state index contributed by atoms with van der Waals surface area (Å²) in [6, 6.07) is 0. The van der Waals surface area contributed by atoms with Crippen molar-refractivity contribution in [2.45, 2.75) is 116 Å². The molecule has 14 nitrogen and oxygen atoms in total. The monoisotopic (exact) mass is 594 g/mol. The summed E-state index contributed by atoms with van der Waals surface area (Å²) in [5, 5.41) is 52.1.